The summed E-state index contributed by atoms with van der Waals surface area (Å²) in [6, 6.07) is 10.8. The zero-order valence-corrected chi connectivity index (χ0v) is 11.6. The molecule has 3 atom stereocenters. The lowest BCUT2D eigenvalue weighted by Crippen LogP contribution is -2.30. The normalized spacial score (nSPS) is 31.4. The second kappa shape index (κ2) is 5.71. The average molecular weight is 244 g/mol. The van der Waals surface area contributed by atoms with Gasteiger partial charge in [0.2, 0.25) is 0 Å². The first-order valence-corrected chi connectivity index (χ1v) is 7.05. The molecule has 1 fully saturated rings. The first kappa shape index (κ1) is 13.4. The molecule has 1 saturated heterocycles. The van der Waals surface area contributed by atoms with Crippen LogP contribution >= 0.6 is 0 Å². The predicted molar refractivity (Wildman–Crippen MR) is 76.8 cm³/mol. The molecule has 1 aromatic rings. The molecule has 0 spiro atoms. The van der Waals surface area contributed by atoms with Gasteiger partial charge in [-0.05, 0) is 25.3 Å². The maximum absolute atomic E-state index is 6.25. The monoisotopic (exact) mass is 244 g/mol. The van der Waals surface area contributed by atoms with Gasteiger partial charge in [-0.15, -0.1) is 6.58 Å². The molecule has 0 amide bonds. The third kappa shape index (κ3) is 2.67. The minimum absolute atomic E-state index is 0.0315. The second-order valence-electron chi connectivity index (χ2n) is 5.51. The minimum atomic E-state index is -0.0315. The Morgan fingerprint density at radius 2 is 2.11 bits per heavy atom. The van der Waals surface area contributed by atoms with Crippen molar-refractivity contribution >= 4 is 0 Å². The molecular weight excluding hydrogens is 220 g/mol. The lowest BCUT2D eigenvalue weighted by molar-refractivity contribution is -0.0241. The van der Waals surface area contributed by atoms with E-state index >= 15 is 0 Å². The molecule has 2 rings (SSSR count). The molecule has 0 saturated carbocycles. The molecule has 1 aliphatic heterocycles. The van der Waals surface area contributed by atoms with Crippen molar-refractivity contribution in [3.05, 3.63) is 48.6 Å². The van der Waals surface area contributed by atoms with E-state index in [1.165, 1.54) is 18.4 Å². The molecule has 1 aliphatic rings. The standard InChI is InChI=1S/C17H24O/c1-4-6-12-17(3)16(13-15(5-2)18-17)14-10-8-7-9-11-14/h5,7-11,15-16H,2,4,6,12-13H2,1,3H3/t15-,16-,17+/m0/s1. The highest BCUT2D eigenvalue weighted by Gasteiger charge is 2.44. The second-order valence-corrected chi connectivity index (χ2v) is 5.51. The van der Waals surface area contributed by atoms with Gasteiger partial charge in [0.15, 0.2) is 0 Å². The highest BCUT2D eigenvalue weighted by atomic mass is 16.5. The minimum Gasteiger partial charge on any atom is -0.367 e. The molecule has 18 heavy (non-hydrogen) atoms. The van der Waals surface area contributed by atoms with Gasteiger partial charge in [-0.2, -0.15) is 0 Å². The van der Waals surface area contributed by atoms with E-state index in [-0.39, 0.29) is 11.7 Å². The first-order chi connectivity index (χ1) is 8.69. The zero-order chi connectivity index (χ0) is 13.0. The van der Waals surface area contributed by atoms with Crippen molar-refractivity contribution in [2.45, 2.75) is 57.2 Å². The van der Waals surface area contributed by atoms with E-state index in [0.717, 1.165) is 12.8 Å². The molecule has 1 nitrogen and oxygen atoms in total. The fourth-order valence-electron chi connectivity index (χ4n) is 3.04. The Kier molecular flexibility index (Phi) is 4.23. The maximum Gasteiger partial charge on any atom is 0.0767 e. The zero-order valence-electron chi connectivity index (χ0n) is 11.6. The fraction of sp³-hybridized carbons (Fsp3) is 0.529. The Morgan fingerprint density at radius 1 is 1.39 bits per heavy atom. The third-order valence-corrected chi connectivity index (χ3v) is 4.12. The van der Waals surface area contributed by atoms with E-state index < -0.39 is 0 Å². The molecular formula is C17H24O. The Balaban J connectivity index is 2.22. The molecule has 1 heterocycles. The summed E-state index contributed by atoms with van der Waals surface area (Å²) in [5, 5.41) is 0. The number of hydrogen-bond acceptors (Lipinski definition) is 1. The van der Waals surface area contributed by atoms with Crippen LogP contribution in [0.25, 0.3) is 0 Å². The Hall–Kier alpha value is -1.08. The van der Waals surface area contributed by atoms with Gasteiger partial charge >= 0.3 is 0 Å². The Morgan fingerprint density at radius 3 is 2.72 bits per heavy atom. The van der Waals surface area contributed by atoms with Gasteiger partial charge in [-0.1, -0.05) is 56.2 Å². The van der Waals surface area contributed by atoms with Crippen molar-refractivity contribution in [2.75, 3.05) is 0 Å². The number of benzene rings is 1. The van der Waals surface area contributed by atoms with Gasteiger partial charge in [-0.25, -0.2) is 0 Å². The average Bonchev–Trinajstić information content (AvgIpc) is 2.75. The lowest BCUT2D eigenvalue weighted by atomic mass is 9.79. The SMILES string of the molecule is C=C[C@H]1C[C@@H](c2ccccc2)[C@@](C)(CCCC)O1. The fourth-order valence-corrected chi connectivity index (χ4v) is 3.04. The smallest absolute Gasteiger partial charge is 0.0767 e. The molecule has 0 unspecified atom stereocenters. The van der Waals surface area contributed by atoms with Crippen LogP contribution in [0.2, 0.25) is 0 Å². The van der Waals surface area contributed by atoms with Crippen LogP contribution < -0.4 is 0 Å². The van der Waals surface area contributed by atoms with Crippen molar-refractivity contribution in [1.29, 1.82) is 0 Å². The van der Waals surface area contributed by atoms with Crippen LogP contribution in [-0.4, -0.2) is 11.7 Å². The van der Waals surface area contributed by atoms with Crippen molar-refractivity contribution in [3.63, 3.8) is 0 Å². The number of unbranched alkanes of at least 4 members (excludes halogenated alkanes) is 1. The van der Waals surface area contributed by atoms with Crippen molar-refractivity contribution in [1.82, 2.24) is 0 Å². The van der Waals surface area contributed by atoms with Crippen molar-refractivity contribution in [3.8, 4) is 0 Å². The van der Waals surface area contributed by atoms with E-state index in [1.807, 2.05) is 6.08 Å². The summed E-state index contributed by atoms with van der Waals surface area (Å²) in [6.45, 7) is 8.40. The van der Waals surface area contributed by atoms with Gasteiger partial charge in [0.1, 0.15) is 0 Å². The maximum atomic E-state index is 6.25. The van der Waals surface area contributed by atoms with Crippen LogP contribution in [0.4, 0.5) is 0 Å². The highest BCUT2D eigenvalue weighted by Crippen LogP contribution is 2.46. The molecule has 0 aromatic heterocycles. The first-order valence-electron chi connectivity index (χ1n) is 7.05. The van der Waals surface area contributed by atoms with E-state index in [9.17, 15) is 0 Å². The summed E-state index contributed by atoms with van der Waals surface area (Å²) >= 11 is 0. The molecule has 0 N–H and O–H groups in total. The lowest BCUT2D eigenvalue weighted by Gasteiger charge is -2.31. The number of hydrogen-bond donors (Lipinski definition) is 0. The van der Waals surface area contributed by atoms with E-state index in [4.69, 9.17) is 4.74 Å². The summed E-state index contributed by atoms with van der Waals surface area (Å²) in [6.07, 6.45) is 6.80. The van der Waals surface area contributed by atoms with Gasteiger partial charge in [0.05, 0.1) is 11.7 Å². The largest absolute Gasteiger partial charge is 0.367 e. The van der Waals surface area contributed by atoms with Crippen LogP contribution in [0.5, 0.6) is 0 Å². The van der Waals surface area contributed by atoms with Gasteiger partial charge < -0.3 is 4.74 Å². The molecule has 1 heteroatoms. The third-order valence-electron chi connectivity index (χ3n) is 4.12. The van der Waals surface area contributed by atoms with E-state index in [1.54, 1.807) is 0 Å². The Bertz CT molecular complexity index is 384. The van der Waals surface area contributed by atoms with Gasteiger partial charge in [0.25, 0.3) is 0 Å². The summed E-state index contributed by atoms with van der Waals surface area (Å²) < 4.78 is 6.25. The van der Waals surface area contributed by atoms with E-state index in [0.29, 0.717) is 5.92 Å². The molecule has 0 bridgehead atoms. The van der Waals surface area contributed by atoms with Crippen LogP contribution in [-0.2, 0) is 4.74 Å². The summed E-state index contributed by atoms with van der Waals surface area (Å²) in [7, 11) is 0. The number of ether oxygens (including phenoxy) is 1. The number of rotatable bonds is 5. The molecule has 0 aliphatic carbocycles. The van der Waals surface area contributed by atoms with Crippen LogP contribution in [0.3, 0.4) is 0 Å². The van der Waals surface area contributed by atoms with Crippen LogP contribution in [0, 0.1) is 0 Å². The van der Waals surface area contributed by atoms with Crippen LogP contribution in [0.15, 0.2) is 43.0 Å². The van der Waals surface area contributed by atoms with Crippen LogP contribution in [0.1, 0.15) is 51.0 Å². The topological polar surface area (TPSA) is 9.23 Å². The molecule has 98 valence electrons. The predicted octanol–water partition coefficient (Wildman–Crippen LogP) is 4.69. The summed E-state index contributed by atoms with van der Waals surface area (Å²) in [5.41, 5.74) is 1.37. The quantitative estimate of drug-likeness (QED) is 0.682. The van der Waals surface area contributed by atoms with Crippen molar-refractivity contribution < 1.29 is 4.74 Å². The van der Waals surface area contributed by atoms with Gasteiger partial charge in [0, 0.05) is 5.92 Å². The highest BCUT2D eigenvalue weighted by molar-refractivity contribution is 5.25. The summed E-state index contributed by atoms with van der Waals surface area (Å²) in [4.78, 5) is 0. The molecule has 0 radical (unpaired) electrons. The summed E-state index contributed by atoms with van der Waals surface area (Å²) in [5.74, 6) is 0.494. The van der Waals surface area contributed by atoms with Gasteiger partial charge in [-0.3, -0.25) is 0 Å². The van der Waals surface area contributed by atoms with E-state index in [2.05, 4.69) is 50.8 Å². The Labute approximate surface area is 111 Å². The molecule has 1 aromatic carbocycles. The van der Waals surface area contributed by atoms with Crippen molar-refractivity contribution in [2.24, 2.45) is 0 Å².